The number of anilines is 1. The monoisotopic (exact) mass is 466 g/mol. The molecule has 0 saturated carbocycles. The smallest absolute Gasteiger partial charge is 0.362 e. The Labute approximate surface area is 192 Å². The van der Waals surface area contributed by atoms with Gasteiger partial charge in [-0.1, -0.05) is 64.8 Å². The third-order valence-electron chi connectivity index (χ3n) is 4.22. The van der Waals surface area contributed by atoms with Crippen molar-refractivity contribution in [2.24, 2.45) is 0 Å². The van der Waals surface area contributed by atoms with Crippen molar-refractivity contribution >= 4 is 40.2 Å². The standard InChI is InChI=1S/C21H18N6O3S2/c1-2-30-20(29)17-19(32-26-23-17)22-16(28)13-31-21-25-24-18(14-9-5-3-6-10-14)27(21)15-11-7-4-8-12-15/h3-12H,2,13H2,1H3,(H,22,28). The van der Waals surface area contributed by atoms with Crippen LogP contribution in [0.3, 0.4) is 0 Å². The van der Waals surface area contributed by atoms with E-state index in [2.05, 4.69) is 25.1 Å². The lowest BCUT2D eigenvalue weighted by atomic mass is 10.2. The molecule has 0 aliphatic heterocycles. The quantitative estimate of drug-likeness (QED) is 0.309. The Balaban J connectivity index is 1.53. The van der Waals surface area contributed by atoms with Gasteiger partial charge in [-0.15, -0.1) is 15.3 Å². The van der Waals surface area contributed by atoms with E-state index >= 15 is 0 Å². The summed E-state index contributed by atoms with van der Waals surface area (Å²) in [6.45, 7) is 1.90. The van der Waals surface area contributed by atoms with Crippen molar-refractivity contribution in [1.82, 2.24) is 24.4 Å². The van der Waals surface area contributed by atoms with Crippen LogP contribution >= 0.6 is 23.3 Å². The number of carbonyl (C=O) groups is 2. The first kappa shape index (κ1) is 21.7. The summed E-state index contributed by atoms with van der Waals surface area (Å²) in [4.78, 5) is 24.5. The Kier molecular flexibility index (Phi) is 6.87. The zero-order valence-electron chi connectivity index (χ0n) is 17.0. The van der Waals surface area contributed by atoms with Gasteiger partial charge in [-0.25, -0.2) is 4.79 Å². The predicted molar refractivity (Wildman–Crippen MR) is 122 cm³/mol. The van der Waals surface area contributed by atoms with Gasteiger partial charge in [0.15, 0.2) is 16.0 Å². The Morgan fingerprint density at radius 2 is 1.75 bits per heavy atom. The molecule has 0 spiro atoms. The molecule has 2 aromatic heterocycles. The van der Waals surface area contributed by atoms with Crippen LogP contribution in [-0.4, -0.2) is 48.6 Å². The zero-order valence-corrected chi connectivity index (χ0v) is 18.6. The van der Waals surface area contributed by atoms with E-state index in [0.29, 0.717) is 11.0 Å². The van der Waals surface area contributed by atoms with Crippen LogP contribution in [0.1, 0.15) is 17.4 Å². The van der Waals surface area contributed by atoms with Gasteiger partial charge in [0.25, 0.3) is 0 Å². The molecule has 11 heteroatoms. The Morgan fingerprint density at radius 3 is 2.47 bits per heavy atom. The number of carbonyl (C=O) groups excluding carboxylic acids is 2. The van der Waals surface area contributed by atoms with Crippen molar-refractivity contribution in [2.45, 2.75) is 12.1 Å². The summed E-state index contributed by atoms with van der Waals surface area (Å²) < 4.78 is 10.6. The van der Waals surface area contributed by atoms with Gasteiger partial charge in [0, 0.05) is 22.8 Å². The summed E-state index contributed by atoms with van der Waals surface area (Å²) in [5, 5.41) is 15.9. The number of aromatic nitrogens is 5. The second-order valence-electron chi connectivity index (χ2n) is 6.35. The second kappa shape index (κ2) is 10.2. The lowest BCUT2D eigenvalue weighted by Gasteiger charge is -2.10. The highest BCUT2D eigenvalue weighted by Crippen LogP contribution is 2.28. The zero-order chi connectivity index (χ0) is 22.3. The number of hydrogen-bond donors (Lipinski definition) is 1. The fraction of sp³-hybridized carbons (Fsp3) is 0.143. The minimum absolute atomic E-state index is 0.00554. The number of ether oxygens (including phenoxy) is 1. The Morgan fingerprint density at radius 1 is 1.03 bits per heavy atom. The van der Waals surface area contributed by atoms with Crippen LogP contribution in [-0.2, 0) is 9.53 Å². The van der Waals surface area contributed by atoms with E-state index in [9.17, 15) is 9.59 Å². The summed E-state index contributed by atoms with van der Waals surface area (Å²) in [6.07, 6.45) is 0. The van der Waals surface area contributed by atoms with Gasteiger partial charge in [0.05, 0.1) is 12.4 Å². The SMILES string of the molecule is CCOC(=O)c1nnsc1NC(=O)CSc1nnc(-c2ccccc2)n1-c1ccccc1. The van der Waals surface area contributed by atoms with E-state index in [0.717, 1.165) is 22.8 Å². The molecular formula is C21H18N6O3S2. The predicted octanol–water partition coefficient (Wildman–Crippen LogP) is 3.69. The Bertz CT molecular complexity index is 1210. The molecule has 2 heterocycles. The van der Waals surface area contributed by atoms with Crippen LogP contribution in [0.15, 0.2) is 65.8 Å². The highest BCUT2D eigenvalue weighted by Gasteiger charge is 2.21. The van der Waals surface area contributed by atoms with Crippen molar-refractivity contribution in [1.29, 1.82) is 0 Å². The molecule has 0 radical (unpaired) electrons. The number of thioether (sulfide) groups is 1. The molecule has 9 nitrogen and oxygen atoms in total. The van der Waals surface area contributed by atoms with Crippen LogP contribution in [0.25, 0.3) is 17.1 Å². The molecule has 1 amide bonds. The third-order valence-corrected chi connectivity index (χ3v) is 5.79. The average molecular weight is 467 g/mol. The molecule has 0 atom stereocenters. The van der Waals surface area contributed by atoms with Crippen molar-refractivity contribution < 1.29 is 14.3 Å². The largest absolute Gasteiger partial charge is 0.461 e. The lowest BCUT2D eigenvalue weighted by molar-refractivity contribution is -0.113. The molecule has 0 unspecified atom stereocenters. The highest BCUT2D eigenvalue weighted by atomic mass is 32.2. The summed E-state index contributed by atoms with van der Waals surface area (Å²) in [6, 6.07) is 19.4. The summed E-state index contributed by atoms with van der Waals surface area (Å²) in [7, 11) is 0. The van der Waals surface area contributed by atoms with Gasteiger partial charge >= 0.3 is 5.97 Å². The number of amides is 1. The molecule has 0 aliphatic carbocycles. The van der Waals surface area contributed by atoms with Gasteiger partial charge in [-0.05, 0) is 19.1 Å². The van der Waals surface area contributed by atoms with Crippen molar-refractivity contribution in [3.8, 4) is 17.1 Å². The summed E-state index contributed by atoms with van der Waals surface area (Å²) in [5.41, 5.74) is 1.79. The minimum atomic E-state index is -0.625. The fourth-order valence-electron chi connectivity index (χ4n) is 2.85. The maximum Gasteiger partial charge on any atom is 0.362 e. The van der Waals surface area contributed by atoms with Crippen LogP contribution in [0.4, 0.5) is 5.00 Å². The molecular weight excluding hydrogens is 448 g/mol. The number of nitrogens with one attached hydrogen (secondary N) is 1. The van der Waals surface area contributed by atoms with Gasteiger partial charge in [-0.3, -0.25) is 9.36 Å². The molecule has 4 aromatic rings. The minimum Gasteiger partial charge on any atom is -0.461 e. The van der Waals surface area contributed by atoms with Crippen LogP contribution < -0.4 is 5.32 Å². The number of nitrogens with zero attached hydrogens (tertiary/aromatic N) is 5. The normalized spacial score (nSPS) is 10.7. The third kappa shape index (κ3) is 4.84. The Hall–Kier alpha value is -3.57. The summed E-state index contributed by atoms with van der Waals surface area (Å²) >= 11 is 2.16. The molecule has 162 valence electrons. The summed E-state index contributed by atoms with van der Waals surface area (Å²) in [5.74, 6) is -0.216. The van der Waals surface area contributed by atoms with Gasteiger partial charge < -0.3 is 10.1 Å². The van der Waals surface area contributed by atoms with E-state index in [1.54, 1.807) is 6.92 Å². The van der Waals surface area contributed by atoms with Crippen LogP contribution in [0.2, 0.25) is 0 Å². The van der Waals surface area contributed by atoms with Gasteiger partial charge in [-0.2, -0.15) is 0 Å². The van der Waals surface area contributed by atoms with E-state index in [-0.39, 0.29) is 29.0 Å². The molecule has 0 aliphatic rings. The molecule has 2 aromatic carbocycles. The number of benzene rings is 2. The van der Waals surface area contributed by atoms with Crippen molar-refractivity contribution in [3.05, 3.63) is 66.4 Å². The number of para-hydroxylation sites is 1. The fourth-order valence-corrected chi connectivity index (χ4v) is 4.17. The highest BCUT2D eigenvalue weighted by molar-refractivity contribution is 7.99. The van der Waals surface area contributed by atoms with Gasteiger partial charge in [0.1, 0.15) is 0 Å². The number of hydrogen-bond acceptors (Lipinski definition) is 9. The topological polar surface area (TPSA) is 112 Å². The van der Waals surface area contributed by atoms with E-state index in [1.807, 2.05) is 65.2 Å². The lowest BCUT2D eigenvalue weighted by Crippen LogP contribution is -2.17. The van der Waals surface area contributed by atoms with Gasteiger partial charge in [0.2, 0.25) is 11.6 Å². The maximum absolute atomic E-state index is 12.6. The van der Waals surface area contributed by atoms with Crippen molar-refractivity contribution in [2.75, 3.05) is 17.7 Å². The average Bonchev–Trinajstić information content (AvgIpc) is 3.46. The first-order chi connectivity index (χ1) is 15.7. The van der Waals surface area contributed by atoms with Crippen LogP contribution in [0, 0.1) is 0 Å². The van der Waals surface area contributed by atoms with E-state index < -0.39 is 5.97 Å². The van der Waals surface area contributed by atoms with Crippen LogP contribution in [0.5, 0.6) is 0 Å². The first-order valence-corrected chi connectivity index (χ1v) is 11.4. The molecule has 32 heavy (non-hydrogen) atoms. The molecule has 0 saturated heterocycles. The number of rotatable bonds is 8. The van der Waals surface area contributed by atoms with E-state index in [4.69, 9.17) is 4.74 Å². The molecule has 1 N–H and O–H groups in total. The molecule has 0 fully saturated rings. The molecule has 4 rings (SSSR count). The van der Waals surface area contributed by atoms with Crippen molar-refractivity contribution in [3.63, 3.8) is 0 Å². The number of esters is 1. The maximum atomic E-state index is 12.6. The first-order valence-electron chi connectivity index (χ1n) is 9.65. The van der Waals surface area contributed by atoms with E-state index in [1.165, 1.54) is 11.8 Å². The molecule has 0 bridgehead atoms. The second-order valence-corrected chi connectivity index (χ2v) is 8.05.